The van der Waals surface area contributed by atoms with Gasteiger partial charge in [-0.05, 0) is 18.6 Å². The first-order valence-electron chi connectivity index (χ1n) is 5.95. The van der Waals surface area contributed by atoms with Gasteiger partial charge in [0.1, 0.15) is 0 Å². The lowest BCUT2D eigenvalue weighted by Crippen LogP contribution is -2.07. The van der Waals surface area contributed by atoms with Crippen LogP contribution < -0.4 is 0 Å². The van der Waals surface area contributed by atoms with Crippen molar-refractivity contribution in [3.8, 4) is 0 Å². The fourth-order valence-corrected chi connectivity index (χ4v) is 1.65. The monoisotopic (exact) mass is 257 g/mol. The Kier molecular flexibility index (Phi) is 5.38. The maximum absolute atomic E-state index is 12.5. The Morgan fingerprint density at radius 1 is 1.17 bits per heavy atom. The minimum Gasteiger partial charge on any atom is -0.294 e. The Morgan fingerprint density at radius 3 is 2.50 bits per heavy atom. The van der Waals surface area contributed by atoms with Crippen LogP contribution in [-0.4, -0.2) is 5.78 Å². The molecule has 0 unspecified atom stereocenters. The smallest absolute Gasteiger partial charge is 0.294 e. The van der Waals surface area contributed by atoms with Gasteiger partial charge in [0.25, 0.3) is 0 Å². The van der Waals surface area contributed by atoms with Crippen LogP contribution in [0.2, 0.25) is 0 Å². The maximum Gasteiger partial charge on any atom is 0.416 e. The molecule has 0 atom stereocenters. The summed E-state index contributed by atoms with van der Waals surface area (Å²) in [5.41, 5.74) is -0.634. The summed E-state index contributed by atoms with van der Waals surface area (Å²) in [4.78, 5) is 11.7. The number of halogens is 3. The van der Waals surface area contributed by atoms with Gasteiger partial charge in [0.15, 0.2) is 5.78 Å². The first-order valence-corrected chi connectivity index (χ1v) is 5.95. The van der Waals surface area contributed by atoms with Gasteiger partial charge in [-0.25, -0.2) is 0 Å². The molecule has 0 amide bonds. The van der Waals surface area contributed by atoms with E-state index in [0.29, 0.717) is 12.8 Å². The van der Waals surface area contributed by atoms with Crippen LogP contribution >= 0.6 is 0 Å². The number of alkyl halides is 3. The second-order valence-corrected chi connectivity index (χ2v) is 4.17. The van der Waals surface area contributed by atoms with Crippen LogP contribution in [0.4, 0.5) is 13.2 Å². The third kappa shape index (κ3) is 4.51. The van der Waals surface area contributed by atoms with Gasteiger partial charge in [0.2, 0.25) is 0 Å². The summed E-state index contributed by atoms with van der Waals surface area (Å²) >= 11 is 0. The van der Waals surface area contributed by atoms with Crippen molar-refractivity contribution in [3.63, 3.8) is 0 Å². The number of Topliss-reactive ketones (excluding diaryl/α,β-unsaturated/α-hetero) is 1. The van der Waals surface area contributed by atoms with Gasteiger partial charge in [-0.15, -0.1) is 0 Å². The number of carbonyl (C=O) groups is 1. The highest BCUT2D eigenvalue weighted by Gasteiger charge is 2.30. The normalized spacial score (nSPS) is 11.6. The molecule has 1 nitrogen and oxygen atoms in total. The largest absolute Gasteiger partial charge is 0.416 e. The van der Waals surface area contributed by atoms with E-state index in [9.17, 15) is 18.0 Å². The molecule has 0 heterocycles. The van der Waals surface area contributed by atoms with E-state index in [1.54, 1.807) is 0 Å². The van der Waals surface area contributed by atoms with E-state index in [2.05, 4.69) is 6.92 Å². The standard InChI is InChI=1S/C14H16F3O/c1-2-3-4-5-9-13(18)11-7-6-8-12(10-11)14(15,16)17/h6-8,10H,1-5,9H2. The van der Waals surface area contributed by atoms with Crippen molar-refractivity contribution >= 4 is 5.78 Å². The molecule has 0 aliphatic carbocycles. The summed E-state index contributed by atoms with van der Waals surface area (Å²) in [5.74, 6) is -0.231. The molecule has 0 N–H and O–H groups in total. The molecule has 0 fully saturated rings. The van der Waals surface area contributed by atoms with Gasteiger partial charge >= 0.3 is 6.18 Å². The predicted molar refractivity (Wildman–Crippen MR) is 64.2 cm³/mol. The molecule has 0 bridgehead atoms. The summed E-state index contributed by atoms with van der Waals surface area (Å²) in [7, 11) is 0. The SMILES string of the molecule is [CH2]CCCCCC(=O)c1cccc(C(F)(F)F)c1. The molecule has 0 aromatic heterocycles. The van der Waals surface area contributed by atoms with Gasteiger partial charge in [-0.3, -0.25) is 4.79 Å². The van der Waals surface area contributed by atoms with E-state index < -0.39 is 11.7 Å². The average molecular weight is 257 g/mol. The average Bonchev–Trinajstić information content (AvgIpc) is 2.33. The van der Waals surface area contributed by atoms with Crippen molar-refractivity contribution in [2.24, 2.45) is 0 Å². The Labute approximate surface area is 105 Å². The summed E-state index contributed by atoms with van der Waals surface area (Å²) in [5, 5.41) is 0. The van der Waals surface area contributed by atoms with E-state index in [1.807, 2.05) is 0 Å². The van der Waals surface area contributed by atoms with E-state index in [1.165, 1.54) is 12.1 Å². The van der Waals surface area contributed by atoms with Gasteiger partial charge in [-0.2, -0.15) is 13.2 Å². The quantitative estimate of drug-likeness (QED) is 0.534. The van der Waals surface area contributed by atoms with Crippen LogP contribution in [-0.2, 0) is 6.18 Å². The Balaban J connectivity index is 2.63. The maximum atomic E-state index is 12.5. The highest BCUT2D eigenvalue weighted by molar-refractivity contribution is 5.96. The number of rotatable bonds is 6. The molecule has 18 heavy (non-hydrogen) atoms. The molecule has 0 saturated heterocycles. The lowest BCUT2D eigenvalue weighted by Gasteiger charge is -2.08. The number of ketones is 1. The molecular weight excluding hydrogens is 241 g/mol. The van der Waals surface area contributed by atoms with Crippen molar-refractivity contribution in [2.45, 2.75) is 38.3 Å². The zero-order chi connectivity index (χ0) is 13.6. The van der Waals surface area contributed by atoms with Crippen molar-refractivity contribution in [1.82, 2.24) is 0 Å². The number of benzene rings is 1. The second kappa shape index (κ2) is 6.57. The molecule has 1 aromatic carbocycles. The van der Waals surface area contributed by atoms with Crippen LogP contribution in [0.15, 0.2) is 24.3 Å². The van der Waals surface area contributed by atoms with Crippen LogP contribution in [0, 0.1) is 6.92 Å². The van der Waals surface area contributed by atoms with Crippen molar-refractivity contribution < 1.29 is 18.0 Å². The van der Waals surface area contributed by atoms with Crippen molar-refractivity contribution in [2.75, 3.05) is 0 Å². The van der Waals surface area contributed by atoms with Crippen molar-refractivity contribution in [1.29, 1.82) is 0 Å². The molecule has 1 aromatic rings. The van der Waals surface area contributed by atoms with E-state index in [4.69, 9.17) is 0 Å². The van der Waals surface area contributed by atoms with Crippen LogP contribution in [0.3, 0.4) is 0 Å². The first kappa shape index (κ1) is 14.7. The van der Waals surface area contributed by atoms with Gasteiger partial charge < -0.3 is 0 Å². The van der Waals surface area contributed by atoms with Gasteiger partial charge in [0, 0.05) is 12.0 Å². The molecule has 1 radical (unpaired) electrons. The summed E-state index contributed by atoms with van der Waals surface area (Å²) < 4.78 is 37.4. The number of hydrogen-bond donors (Lipinski definition) is 0. The Hall–Kier alpha value is -1.32. The zero-order valence-electron chi connectivity index (χ0n) is 10.1. The molecule has 99 valence electrons. The van der Waals surface area contributed by atoms with Crippen LogP contribution in [0.1, 0.15) is 48.0 Å². The fourth-order valence-electron chi connectivity index (χ4n) is 1.65. The first-order chi connectivity index (χ1) is 8.45. The zero-order valence-corrected chi connectivity index (χ0v) is 10.1. The topological polar surface area (TPSA) is 17.1 Å². The minimum atomic E-state index is -4.40. The van der Waals surface area contributed by atoms with Crippen molar-refractivity contribution in [3.05, 3.63) is 42.3 Å². The van der Waals surface area contributed by atoms with E-state index in [0.717, 1.165) is 31.4 Å². The summed E-state index contributed by atoms with van der Waals surface area (Å²) in [6.45, 7) is 3.69. The molecule has 0 spiro atoms. The minimum absolute atomic E-state index is 0.138. The molecular formula is C14H16F3O. The van der Waals surface area contributed by atoms with Gasteiger partial charge in [-0.1, -0.05) is 38.3 Å². The molecule has 4 heteroatoms. The van der Waals surface area contributed by atoms with Crippen LogP contribution in [0.5, 0.6) is 0 Å². The number of carbonyl (C=O) groups excluding carboxylic acids is 1. The van der Waals surface area contributed by atoms with Gasteiger partial charge in [0.05, 0.1) is 5.56 Å². The summed E-state index contributed by atoms with van der Waals surface area (Å²) in [6.07, 6.45) is -0.766. The van der Waals surface area contributed by atoms with E-state index >= 15 is 0 Å². The second-order valence-electron chi connectivity index (χ2n) is 4.17. The predicted octanol–water partition coefficient (Wildman–Crippen LogP) is 4.67. The number of unbranched alkanes of at least 4 members (excludes halogenated alkanes) is 3. The Bertz CT molecular complexity index is 396. The third-order valence-corrected chi connectivity index (χ3v) is 2.67. The third-order valence-electron chi connectivity index (χ3n) is 2.67. The lowest BCUT2D eigenvalue weighted by molar-refractivity contribution is -0.137. The fraction of sp³-hybridized carbons (Fsp3) is 0.429. The highest BCUT2D eigenvalue weighted by Crippen LogP contribution is 2.29. The Morgan fingerprint density at radius 2 is 1.89 bits per heavy atom. The lowest BCUT2D eigenvalue weighted by atomic mass is 10.0. The highest BCUT2D eigenvalue weighted by atomic mass is 19.4. The number of hydrogen-bond acceptors (Lipinski definition) is 1. The van der Waals surface area contributed by atoms with E-state index in [-0.39, 0.29) is 11.3 Å². The molecule has 0 aliphatic heterocycles. The molecule has 0 saturated carbocycles. The molecule has 1 rings (SSSR count). The summed E-state index contributed by atoms with van der Waals surface area (Å²) in [6, 6.07) is 4.59. The van der Waals surface area contributed by atoms with Crippen LogP contribution in [0.25, 0.3) is 0 Å². The molecule has 0 aliphatic rings.